The molecule has 2 rings (SSSR count). The Balaban J connectivity index is 2.38. The molecule has 0 unspecified atom stereocenters. The van der Waals surface area contributed by atoms with Crippen molar-refractivity contribution in [1.29, 1.82) is 5.26 Å². The predicted molar refractivity (Wildman–Crippen MR) is 77.8 cm³/mol. The van der Waals surface area contributed by atoms with Crippen molar-refractivity contribution in [3.05, 3.63) is 51.9 Å². The normalized spacial score (nSPS) is 10.3. The summed E-state index contributed by atoms with van der Waals surface area (Å²) in [7, 11) is 0. The minimum atomic E-state index is -0.406. The van der Waals surface area contributed by atoms with Gasteiger partial charge in [0, 0.05) is 5.69 Å². The Morgan fingerprint density at radius 2 is 2.05 bits per heavy atom. The van der Waals surface area contributed by atoms with Gasteiger partial charge in [-0.25, -0.2) is 4.98 Å². The summed E-state index contributed by atoms with van der Waals surface area (Å²) in [6, 6.07) is 11.4. The first-order valence-corrected chi connectivity index (χ1v) is 6.45. The van der Waals surface area contributed by atoms with Gasteiger partial charge in [0.2, 0.25) is 5.95 Å². The van der Waals surface area contributed by atoms with Crippen molar-refractivity contribution in [2.75, 3.05) is 5.32 Å². The molecule has 0 aliphatic heterocycles. The van der Waals surface area contributed by atoms with Gasteiger partial charge >= 0.3 is 0 Å². The Bertz CT molecular complexity index is 683. The highest BCUT2D eigenvalue weighted by Gasteiger charge is 2.12. The minimum Gasteiger partial charge on any atom is -0.326 e. The molecule has 0 aliphatic rings. The molecule has 1 aromatic heterocycles. The molecule has 20 heavy (non-hydrogen) atoms. The molecule has 0 bridgehead atoms. The predicted octanol–water partition coefficient (Wildman–Crippen LogP) is 2.58. The summed E-state index contributed by atoms with van der Waals surface area (Å²) in [5.74, 6) is 0.678. The monoisotopic (exact) mass is 268 g/mol. The average Bonchev–Trinajstić information content (AvgIpc) is 2.39. The number of para-hydroxylation sites is 1. The van der Waals surface area contributed by atoms with E-state index in [1.54, 1.807) is 0 Å². The van der Waals surface area contributed by atoms with Crippen LogP contribution in [0.1, 0.15) is 25.1 Å². The van der Waals surface area contributed by atoms with E-state index in [-0.39, 0.29) is 5.56 Å². The Kier molecular flexibility index (Phi) is 4.16. The van der Waals surface area contributed by atoms with Gasteiger partial charge in [-0.1, -0.05) is 32.0 Å². The number of aromatic amines is 1. The Morgan fingerprint density at radius 3 is 2.65 bits per heavy atom. The number of nitrogens with one attached hydrogen (secondary N) is 2. The molecular formula is C15H16N4O. The topological polar surface area (TPSA) is 81.6 Å². The van der Waals surface area contributed by atoms with Crippen LogP contribution in [0, 0.1) is 17.2 Å². The summed E-state index contributed by atoms with van der Waals surface area (Å²) in [4.78, 5) is 18.8. The van der Waals surface area contributed by atoms with Crippen LogP contribution in [-0.2, 0) is 6.42 Å². The first kappa shape index (κ1) is 13.8. The zero-order valence-corrected chi connectivity index (χ0v) is 11.5. The Hall–Kier alpha value is -2.61. The summed E-state index contributed by atoms with van der Waals surface area (Å²) >= 11 is 0. The summed E-state index contributed by atoms with van der Waals surface area (Å²) < 4.78 is 0. The third-order valence-electron chi connectivity index (χ3n) is 2.74. The zero-order chi connectivity index (χ0) is 14.5. The lowest BCUT2D eigenvalue weighted by atomic mass is 10.1. The number of hydrogen-bond acceptors (Lipinski definition) is 4. The van der Waals surface area contributed by atoms with Crippen LogP contribution in [0.25, 0.3) is 0 Å². The number of H-pyrrole nitrogens is 1. The van der Waals surface area contributed by atoms with Crippen molar-refractivity contribution in [2.45, 2.75) is 20.3 Å². The maximum atomic E-state index is 11.9. The van der Waals surface area contributed by atoms with E-state index in [2.05, 4.69) is 15.3 Å². The largest absolute Gasteiger partial charge is 0.326 e. The van der Waals surface area contributed by atoms with Gasteiger partial charge in [0.15, 0.2) is 0 Å². The summed E-state index contributed by atoms with van der Waals surface area (Å²) in [5, 5.41) is 12.1. The van der Waals surface area contributed by atoms with E-state index in [0.717, 1.165) is 5.69 Å². The van der Waals surface area contributed by atoms with Gasteiger partial charge < -0.3 is 5.32 Å². The standard InChI is InChI=1S/C15H16N4O/c1-10(2)8-13-12(9-16)14(20)19-15(18-13)17-11-6-4-3-5-7-11/h3-7,10H,8H2,1-2H3,(H2,17,18,19,20). The van der Waals surface area contributed by atoms with Crippen molar-refractivity contribution >= 4 is 11.6 Å². The van der Waals surface area contributed by atoms with Crippen LogP contribution in [0.5, 0.6) is 0 Å². The summed E-state index contributed by atoms with van der Waals surface area (Å²) in [5.41, 5.74) is 1.05. The number of rotatable bonds is 4. The molecule has 0 fully saturated rings. The van der Waals surface area contributed by atoms with Crippen LogP contribution in [0.3, 0.4) is 0 Å². The molecule has 2 aromatic rings. The number of hydrogen-bond donors (Lipinski definition) is 2. The van der Waals surface area contributed by atoms with Crippen molar-refractivity contribution < 1.29 is 0 Å². The lowest BCUT2D eigenvalue weighted by molar-refractivity contribution is 0.632. The second-order valence-corrected chi connectivity index (χ2v) is 4.94. The second kappa shape index (κ2) is 6.02. The third kappa shape index (κ3) is 3.23. The van der Waals surface area contributed by atoms with E-state index in [9.17, 15) is 4.79 Å². The van der Waals surface area contributed by atoms with Crippen LogP contribution < -0.4 is 10.9 Å². The van der Waals surface area contributed by atoms with Gasteiger partial charge in [0.1, 0.15) is 11.6 Å². The van der Waals surface area contributed by atoms with Crippen molar-refractivity contribution in [3.8, 4) is 6.07 Å². The molecule has 0 aliphatic carbocycles. The summed E-state index contributed by atoms with van der Waals surface area (Å²) in [6.07, 6.45) is 0.594. The molecular weight excluding hydrogens is 252 g/mol. The number of benzene rings is 1. The molecule has 102 valence electrons. The minimum absolute atomic E-state index is 0.0947. The number of nitriles is 1. The third-order valence-corrected chi connectivity index (χ3v) is 2.74. The highest BCUT2D eigenvalue weighted by atomic mass is 16.1. The quantitative estimate of drug-likeness (QED) is 0.893. The van der Waals surface area contributed by atoms with Crippen molar-refractivity contribution in [1.82, 2.24) is 9.97 Å². The molecule has 5 nitrogen and oxygen atoms in total. The lowest BCUT2D eigenvalue weighted by Gasteiger charge is -2.09. The lowest BCUT2D eigenvalue weighted by Crippen LogP contribution is -2.18. The van der Waals surface area contributed by atoms with Crippen LogP contribution in [0.4, 0.5) is 11.6 Å². The second-order valence-electron chi connectivity index (χ2n) is 4.94. The zero-order valence-electron chi connectivity index (χ0n) is 11.5. The van der Waals surface area contributed by atoms with Gasteiger partial charge in [-0.05, 0) is 24.5 Å². The fourth-order valence-corrected chi connectivity index (χ4v) is 1.89. The summed E-state index contributed by atoms with van der Waals surface area (Å²) in [6.45, 7) is 4.04. The molecule has 0 atom stereocenters. The highest BCUT2D eigenvalue weighted by molar-refractivity contribution is 5.53. The molecule has 0 radical (unpaired) electrons. The van der Waals surface area contributed by atoms with Crippen molar-refractivity contribution in [3.63, 3.8) is 0 Å². The van der Waals surface area contributed by atoms with E-state index < -0.39 is 5.56 Å². The van der Waals surface area contributed by atoms with Gasteiger partial charge in [-0.2, -0.15) is 5.26 Å². The molecule has 0 saturated heterocycles. The molecule has 0 spiro atoms. The smallest absolute Gasteiger partial charge is 0.270 e. The van der Waals surface area contributed by atoms with E-state index in [1.807, 2.05) is 50.2 Å². The van der Waals surface area contributed by atoms with E-state index in [4.69, 9.17) is 5.26 Å². The van der Waals surface area contributed by atoms with Crippen LogP contribution in [0.2, 0.25) is 0 Å². The molecule has 1 aromatic carbocycles. The van der Waals surface area contributed by atoms with E-state index in [1.165, 1.54) is 0 Å². The highest BCUT2D eigenvalue weighted by Crippen LogP contribution is 2.14. The molecule has 1 heterocycles. The number of nitrogens with zero attached hydrogens (tertiary/aromatic N) is 2. The van der Waals surface area contributed by atoms with E-state index >= 15 is 0 Å². The van der Waals surface area contributed by atoms with Gasteiger partial charge in [0.25, 0.3) is 5.56 Å². The first-order valence-electron chi connectivity index (χ1n) is 6.45. The maximum absolute atomic E-state index is 11.9. The maximum Gasteiger partial charge on any atom is 0.270 e. The Morgan fingerprint density at radius 1 is 1.35 bits per heavy atom. The molecule has 0 saturated carbocycles. The molecule has 0 amide bonds. The van der Waals surface area contributed by atoms with Crippen LogP contribution in [0.15, 0.2) is 35.1 Å². The van der Waals surface area contributed by atoms with Crippen LogP contribution >= 0.6 is 0 Å². The Labute approximate surface area is 117 Å². The molecule has 2 N–H and O–H groups in total. The van der Waals surface area contributed by atoms with Crippen molar-refractivity contribution in [2.24, 2.45) is 5.92 Å². The van der Waals surface area contributed by atoms with E-state index in [0.29, 0.717) is 24.0 Å². The van der Waals surface area contributed by atoms with Gasteiger partial charge in [-0.3, -0.25) is 9.78 Å². The fourth-order valence-electron chi connectivity index (χ4n) is 1.89. The first-order chi connectivity index (χ1) is 9.60. The van der Waals surface area contributed by atoms with Gasteiger partial charge in [-0.15, -0.1) is 0 Å². The SMILES string of the molecule is CC(C)Cc1nc(Nc2ccccc2)[nH]c(=O)c1C#N. The number of aromatic nitrogens is 2. The van der Waals surface area contributed by atoms with Crippen LogP contribution in [-0.4, -0.2) is 9.97 Å². The number of anilines is 2. The van der Waals surface area contributed by atoms with Gasteiger partial charge in [0.05, 0.1) is 5.69 Å². The fraction of sp³-hybridized carbons (Fsp3) is 0.267. The average molecular weight is 268 g/mol. The molecule has 5 heteroatoms.